The van der Waals surface area contributed by atoms with Crippen molar-refractivity contribution in [3.8, 4) is 0 Å². The second kappa shape index (κ2) is 5.55. The SMILES string of the molecule is CC(c1ccc(Cl)cc1Cl)N(C)C(=O)C(C)(N)C1CC1. The van der Waals surface area contributed by atoms with Gasteiger partial charge in [-0.2, -0.15) is 0 Å². The molecule has 0 radical (unpaired) electrons. The second-order valence-electron chi connectivity index (χ2n) is 5.81. The van der Waals surface area contributed by atoms with Crippen molar-refractivity contribution in [2.75, 3.05) is 7.05 Å². The van der Waals surface area contributed by atoms with Gasteiger partial charge in [0.2, 0.25) is 5.91 Å². The molecular weight excluding hydrogens is 295 g/mol. The summed E-state index contributed by atoms with van der Waals surface area (Å²) in [5.74, 6) is 0.254. The normalized spacial score (nSPS) is 19.3. The number of benzene rings is 1. The number of hydrogen-bond donors (Lipinski definition) is 1. The molecular formula is C15H20Cl2N2O. The van der Waals surface area contributed by atoms with E-state index in [1.807, 2.05) is 19.9 Å². The summed E-state index contributed by atoms with van der Waals surface area (Å²) < 4.78 is 0. The van der Waals surface area contributed by atoms with E-state index in [1.54, 1.807) is 24.1 Å². The number of nitrogens with zero attached hydrogens (tertiary/aromatic N) is 1. The maximum atomic E-state index is 12.6. The van der Waals surface area contributed by atoms with Gasteiger partial charge in [0.15, 0.2) is 0 Å². The topological polar surface area (TPSA) is 46.3 Å². The molecule has 0 aliphatic heterocycles. The molecule has 1 fully saturated rings. The average molecular weight is 315 g/mol. The van der Waals surface area contributed by atoms with Gasteiger partial charge in [-0.25, -0.2) is 0 Å². The fraction of sp³-hybridized carbons (Fsp3) is 0.533. The molecule has 1 aromatic carbocycles. The molecule has 5 heteroatoms. The van der Waals surface area contributed by atoms with E-state index in [1.165, 1.54) is 0 Å². The van der Waals surface area contributed by atoms with Crippen LogP contribution in [0, 0.1) is 5.92 Å². The van der Waals surface area contributed by atoms with Crippen LogP contribution in [0.3, 0.4) is 0 Å². The van der Waals surface area contributed by atoms with Crippen molar-refractivity contribution in [3.63, 3.8) is 0 Å². The lowest BCUT2D eigenvalue weighted by Gasteiger charge is -2.33. The van der Waals surface area contributed by atoms with Gasteiger partial charge in [-0.1, -0.05) is 29.3 Å². The summed E-state index contributed by atoms with van der Waals surface area (Å²) in [6, 6.07) is 5.17. The number of carbonyl (C=O) groups is 1. The highest BCUT2D eigenvalue weighted by Crippen LogP contribution is 2.40. The first-order valence-electron chi connectivity index (χ1n) is 6.76. The zero-order valence-electron chi connectivity index (χ0n) is 12.0. The van der Waals surface area contributed by atoms with Crippen LogP contribution in [0.1, 0.15) is 38.3 Å². The predicted octanol–water partition coefficient (Wildman–Crippen LogP) is 3.64. The first kappa shape index (κ1) is 15.6. The van der Waals surface area contributed by atoms with Crippen molar-refractivity contribution in [2.24, 2.45) is 11.7 Å². The van der Waals surface area contributed by atoms with Crippen LogP contribution < -0.4 is 5.73 Å². The highest BCUT2D eigenvalue weighted by Gasteiger charge is 2.46. The molecule has 0 bridgehead atoms. The fourth-order valence-corrected chi connectivity index (χ4v) is 3.03. The van der Waals surface area contributed by atoms with E-state index in [4.69, 9.17) is 28.9 Å². The molecule has 0 saturated heterocycles. The summed E-state index contributed by atoms with van der Waals surface area (Å²) in [6.07, 6.45) is 2.06. The molecule has 110 valence electrons. The van der Waals surface area contributed by atoms with Crippen molar-refractivity contribution in [1.82, 2.24) is 4.90 Å². The molecule has 1 aliphatic rings. The van der Waals surface area contributed by atoms with Crippen LogP contribution in [0.2, 0.25) is 10.0 Å². The van der Waals surface area contributed by atoms with Gasteiger partial charge in [0.05, 0.1) is 11.6 Å². The van der Waals surface area contributed by atoms with Gasteiger partial charge in [0.25, 0.3) is 0 Å². The molecule has 0 aromatic heterocycles. The van der Waals surface area contributed by atoms with Crippen molar-refractivity contribution in [2.45, 2.75) is 38.3 Å². The van der Waals surface area contributed by atoms with Crippen LogP contribution in [0.15, 0.2) is 18.2 Å². The third-order valence-electron chi connectivity index (χ3n) is 4.20. The number of amides is 1. The van der Waals surface area contributed by atoms with Gasteiger partial charge >= 0.3 is 0 Å². The zero-order valence-corrected chi connectivity index (χ0v) is 13.5. The molecule has 0 heterocycles. The van der Waals surface area contributed by atoms with E-state index in [0.717, 1.165) is 18.4 Å². The van der Waals surface area contributed by atoms with E-state index in [0.29, 0.717) is 16.0 Å². The van der Waals surface area contributed by atoms with Crippen molar-refractivity contribution < 1.29 is 4.79 Å². The fourth-order valence-electron chi connectivity index (χ4n) is 2.46. The van der Waals surface area contributed by atoms with Crippen LogP contribution in [0.5, 0.6) is 0 Å². The summed E-state index contributed by atoms with van der Waals surface area (Å²) in [5, 5.41) is 1.15. The Bertz CT molecular complexity index is 527. The minimum Gasteiger partial charge on any atom is -0.337 e. The van der Waals surface area contributed by atoms with Gasteiger partial charge in [0.1, 0.15) is 0 Å². The van der Waals surface area contributed by atoms with E-state index in [9.17, 15) is 4.79 Å². The second-order valence-corrected chi connectivity index (χ2v) is 6.66. The highest BCUT2D eigenvalue weighted by molar-refractivity contribution is 6.35. The van der Waals surface area contributed by atoms with Gasteiger partial charge in [-0.3, -0.25) is 4.79 Å². The van der Waals surface area contributed by atoms with E-state index < -0.39 is 5.54 Å². The lowest BCUT2D eigenvalue weighted by atomic mass is 9.94. The summed E-state index contributed by atoms with van der Waals surface area (Å²) in [5.41, 5.74) is 6.28. The minimum absolute atomic E-state index is 0.0430. The summed E-state index contributed by atoms with van der Waals surface area (Å²) in [4.78, 5) is 14.2. The molecule has 2 atom stereocenters. The smallest absolute Gasteiger partial charge is 0.242 e. The van der Waals surface area contributed by atoms with Crippen molar-refractivity contribution in [1.29, 1.82) is 0 Å². The third kappa shape index (κ3) is 2.95. The molecule has 3 nitrogen and oxygen atoms in total. The summed E-state index contributed by atoms with van der Waals surface area (Å²) in [6.45, 7) is 3.76. The number of carbonyl (C=O) groups excluding carboxylic acids is 1. The number of rotatable bonds is 4. The van der Waals surface area contributed by atoms with Gasteiger partial charge in [0, 0.05) is 17.1 Å². The Kier molecular flexibility index (Phi) is 4.33. The molecule has 1 aliphatic carbocycles. The molecule has 0 spiro atoms. The van der Waals surface area contributed by atoms with Crippen molar-refractivity contribution >= 4 is 29.1 Å². The number of nitrogens with two attached hydrogens (primary N) is 1. The first-order chi connectivity index (χ1) is 9.25. The van der Waals surface area contributed by atoms with Crippen LogP contribution in [0.25, 0.3) is 0 Å². The van der Waals surface area contributed by atoms with E-state index in [2.05, 4.69) is 0 Å². The Morgan fingerprint density at radius 3 is 2.55 bits per heavy atom. The molecule has 20 heavy (non-hydrogen) atoms. The lowest BCUT2D eigenvalue weighted by molar-refractivity contribution is -0.137. The molecule has 2 rings (SSSR count). The monoisotopic (exact) mass is 314 g/mol. The van der Waals surface area contributed by atoms with Crippen molar-refractivity contribution in [3.05, 3.63) is 33.8 Å². The Morgan fingerprint density at radius 2 is 2.05 bits per heavy atom. The summed E-state index contributed by atoms with van der Waals surface area (Å²) in [7, 11) is 1.77. The van der Waals surface area contributed by atoms with E-state index >= 15 is 0 Å². The number of hydrogen-bond acceptors (Lipinski definition) is 2. The molecule has 1 amide bonds. The Hall–Kier alpha value is -0.770. The first-order valence-corrected chi connectivity index (χ1v) is 7.51. The standard InChI is InChI=1S/C15H20Cl2N2O/c1-9(12-7-6-11(16)8-13(12)17)19(3)14(20)15(2,18)10-4-5-10/h6-10H,4-5,18H2,1-3H3. The Morgan fingerprint density at radius 1 is 1.45 bits per heavy atom. The molecule has 1 saturated carbocycles. The molecule has 1 aromatic rings. The van der Waals surface area contributed by atoms with Crippen LogP contribution >= 0.6 is 23.2 Å². The van der Waals surface area contributed by atoms with Crippen LogP contribution in [-0.4, -0.2) is 23.4 Å². The maximum Gasteiger partial charge on any atom is 0.242 e. The summed E-state index contributed by atoms with van der Waals surface area (Å²) >= 11 is 12.1. The lowest BCUT2D eigenvalue weighted by Crippen LogP contribution is -2.54. The zero-order chi connectivity index (χ0) is 15.1. The van der Waals surface area contributed by atoms with Crippen LogP contribution in [0.4, 0.5) is 0 Å². The van der Waals surface area contributed by atoms with E-state index in [-0.39, 0.29) is 11.9 Å². The molecule has 2 unspecified atom stereocenters. The van der Waals surface area contributed by atoms with Crippen LogP contribution in [-0.2, 0) is 4.79 Å². The maximum absolute atomic E-state index is 12.6. The molecule has 2 N–H and O–H groups in total. The quantitative estimate of drug-likeness (QED) is 0.922. The largest absolute Gasteiger partial charge is 0.337 e. The highest BCUT2D eigenvalue weighted by atomic mass is 35.5. The van der Waals surface area contributed by atoms with Gasteiger partial charge in [-0.15, -0.1) is 0 Å². The third-order valence-corrected chi connectivity index (χ3v) is 4.76. The predicted molar refractivity (Wildman–Crippen MR) is 83.0 cm³/mol. The average Bonchev–Trinajstić information content (AvgIpc) is 3.20. The van der Waals surface area contributed by atoms with Gasteiger partial charge in [-0.05, 0) is 50.3 Å². The number of likely N-dealkylation sites (N-methyl/N-ethyl adjacent to an activating group) is 1. The van der Waals surface area contributed by atoms with Gasteiger partial charge < -0.3 is 10.6 Å². The Labute approximate surface area is 130 Å². The minimum atomic E-state index is -0.790. The number of halogens is 2. The Balaban J connectivity index is 2.19.